The summed E-state index contributed by atoms with van der Waals surface area (Å²) < 4.78 is 4.64. The van der Waals surface area contributed by atoms with Gasteiger partial charge in [-0.25, -0.2) is 4.79 Å². The van der Waals surface area contributed by atoms with Crippen molar-refractivity contribution >= 4 is 29.2 Å². The molecule has 0 aliphatic carbocycles. The number of carbonyl (C=O) groups excluding carboxylic acids is 1. The number of ether oxygens (including phenoxy) is 1. The number of hydrogen-bond donors (Lipinski definition) is 0. The van der Waals surface area contributed by atoms with Crippen LogP contribution in [0.25, 0.3) is 11.1 Å². The maximum Gasteiger partial charge on any atom is 0.337 e. The normalized spacial score (nSPS) is 10.2. The third-order valence-electron chi connectivity index (χ3n) is 2.57. The van der Waals surface area contributed by atoms with Gasteiger partial charge in [-0.15, -0.1) is 0 Å². The van der Waals surface area contributed by atoms with Gasteiger partial charge in [-0.2, -0.15) is 0 Å². The van der Waals surface area contributed by atoms with Gasteiger partial charge in [-0.05, 0) is 23.8 Å². The maximum absolute atomic E-state index is 11.3. The van der Waals surface area contributed by atoms with Gasteiger partial charge in [0.25, 0.3) is 0 Å². The standard InChI is InChI=1S/C14H10Cl2O2/c1-18-14(17)10-7-5-9(6-8-10)11-3-2-4-12(15)13(11)16/h2-8H,1H3. The molecule has 0 radical (unpaired) electrons. The molecule has 0 aromatic heterocycles. The average Bonchev–Trinajstić information content (AvgIpc) is 2.41. The molecule has 0 amide bonds. The molecule has 0 N–H and O–H groups in total. The van der Waals surface area contributed by atoms with Gasteiger partial charge in [0.2, 0.25) is 0 Å². The van der Waals surface area contributed by atoms with E-state index in [2.05, 4.69) is 4.74 Å². The van der Waals surface area contributed by atoms with E-state index in [4.69, 9.17) is 23.2 Å². The smallest absolute Gasteiger partial charge is 0.337 e. The van der Waals surface area contributed by atoms with Crippen molar-refractivity contribution < 1.29 is 9.53 Å². The van der Waals surface area contributed by atoms with Crippen molar-refractivity contribution in [3.8, 4) is 11.1 Å². The van der Waals surface area contributed by atoms with Crippen molar-refractivity contribution in [2.45, 2.75) is 0 Å². The van der Waals surface area contributed by atoms with Crippen LogP contribution in [0.1, 0.15) is 10.4 Å². The zero-order valence-electron chi connectivity index (χ0n) is 9.61. The molecule has 2 aromatic carbocycles. The molecule has 0 saturated heterocycles. The van der Waals surface area contributed by atoms with Crippen LogP contribution in [-0.2, 0) is 4.74 Å². The lowest BCUT2D eigenvalue weighted by atomic mass is 10.0. The zero-order valence-corrected chi connectivity index (χ0v) is 11.1. The Balaban J connectivity index is 2.40. The first-order valence-corrected chi connectivity index (χ1v) is 6.02. The number of rotatable bonds is 2. The number of hydrogen-bond acceptors (Lipinski definition) is 2. The quantitative estimate of drug-likeness (QED) is 0.760. The van der Waals surface area contributed by atoms with Crippen LogP contribution in [-0.4, -0.2) is 13.1 Å². The average molecular weight is 281 g/mol. The van der Waals surface area contributed by atoms with Crippen LogP contribution in [0.15, 0.2) is 42.5 Å². The highest BCUT2D eigenvalue weighted by molar-refractivity contribution is 6.43. The number of carbonyl (C=O) groups is 1. The molecule has 0 bridgehead atoms. The summed E-state index contributed by atoms with van der Waals surface area (Å²) in [6, 6.07) is 12.4. The number of esters is 1. The molecule has 0 unspecified atom stereocenters. The van der Waals surface area contributed by atoms with Crippen LogP contribution in [0.5, 0.6) is 0 Å². The third-order valence-corrected chi connectivity index (χ3v) is 3.39. The van der Waals surface area contributed by atoms with Crippen LogP contribution < -0.4 is 0 Å². The minimum Gasteiger partial charge on any atom is -0.465 e. The summed E-state index contributed by atoms with van der Waals surface area (Å²) in [6.45, 7) is 0. The predicted octanol–water partition coefficient (Wildman–Crippen LogP) is 4.45. The van der Waals surface area contributed by atoms with Crippen LogP contribution in [0.4, 0.5) is 0 Å². The van der Waals surface area contributed by atoms with Crippen LogP contribution in [0.2, 0.25) is 10.0 Å². The SMILES string of the molecule is COC(=O)c1ccc(-c2cccc(Cl)c2Cl)cc1. The van der Waals surface area contributed by atoms with E-state index in [9.17, 15) is 4.79 Å². The molecule has 0 fully saturated rings. The second-order valence-corrected chi connectivity index (χ2v) is 4.46. The summed E-state index contributed by atoms with van der Waals surface area (Å²) in [5.74, 6) is -0.362. The van der Waals surface area contributed by atoms with Crippen molar-refractivity contribution in [1.82, 2.24) is 0 Å². The Kier molecular flexibility index (Phi) is 3.90. The van der Waals surface area contributed by atoms with Gasteiger partial charge in [-0.3, -0.25) is 0 Å². The first-order valence-electron chi connectivity index (χ1n) is 5.26. The van der Waals surface area contributed by atoms with E-state index in [1.807, 2.05) is 24.3 Å². The highest BCUT2D eigenvalue weighted by Gasteiger charge is 2.08. The predicted molar refractivity (Wildman–Crippen MR) is 73.2 cm³/mol. The minimum absolute atomic E-state index is 0.362. The summed E-state index contributed by atoms with van der Waals surface area (Å²) in [4.78, 5) is 11.3. The Morgan fingerprint density at radius 2 is 1.72 bits per heavy atom. The van der Waals surface area contributed by atoms with Gasteiger partial charge >= 0.3 is 5.97 Å². The summed E-state index contributed by atoms with van der Waals surface area (Å²) in [5.41, 5.74) is 2.23. The van der Waals surface area contributed by atoms with Crippen molar-refractivity contribution in [1.29, 1.82) is 0 Å². The van der Waals surface area contributed by atoms with Crippen molar-refractivity contribution in [3.05, 3.63) is 58.1 Å². The summed E-state index contributed by atoms with van der Waals surface area (Å²) >= 11 is 12.1. The summed E-state index contributed by atoms with van der Waals surface area (Å²) in [6.07, 6.45) is 0. The lowest BCUT2D eigenvalue weighted by Crippen LogP contribution is -2.00. The molecule has 4 heteroatoms. The van der Waals surface area contributed by atoms with Crippen molar-refractivity contribution in [2.24, 2.45) is 0 Å². The zero-order chi connectivity index (χ0) is 13.1. The van der Waals surface area contributed by atoms with E-state index in [-0.39, 0.29) is 5.97 Å². The Hall–Kier alpha value is -1.51. The molecule has 2 aromatic rings. The first-order chi connectivity index (χ1) is 8.63. The molecule has 2 rings (SSSR count). The van der Waals surface area contributed by atoms with Crippen molar-refractivity contribution in [2.75, 3.05) is 7.11 Å². The molecule has 0 saturated carbocycles. The maximum atomic E-state index is 11.3. The Morgan fingerprint density at radius 1 is 1.06 bits per heavy atom. The van der Waals surface area contributed by atoms with Crippen LogP contribution in [0, 0.1) is 0 Å². The first kappa shape index (κ1) is 12.9. The second kappa shape index (κ2) is 5.42. The Bertz CT molecular complexity index is 577. The number of methoxy groups -OCH3 is 1. The fraction of sp³-hybridized carbons (Fsp3) is 0.0714. The fourth-order valence-corrected chi connectivity index (χ4v) is 2.04. The van der Waals surface area contributed by atoms with E-state index < -0.39 is 0 Å². The van der Waals surface area contributed by atoms with Gasteiger partial charge in [0.15, 0.2) is 0 Å². The third kappa shape index (κ3) is 2.50. The molecule has 18 heavy (non-hydrogen) atoms. The van der Waals surface area contributed by atoms with Gasteiger partial charge < -0.3 is 4.74 Å². The molecule has 2 nitrogen and oxygen atoms in total. The largest absolute Gasteiger partial charge is 0.465 e. The Morgan fingerprint density at radius 3 is 2.33 bits per heavy atom. The van der Waals surface area contributed by atoms with Crippen LogP contribution >= 0.6 is 23.2 Å². The molecule has 0 spiro atoms. The molecular weight excluding hydrogens is 271 g/mol. The van der Waals surface area contributed by atoms with E-state index >= 15 is 0 Å². The highest BCUT2D eigenvalue weighted by Crippen LogP contribution is 2.33. The van der Waals surface area contributed by atoms with Gasteiger partial charge in [-0.1, -0.05) is 47.5 Å². The molecule has 0 aliphatic rings. The lowest BCUT2D eigenvalue weighted by molar-refractivity contribution is 0.0601. The highest BCUT2D eigenvalue weighted by atomic mass is 35.5. The lowest BCUT2D eigenvalue weighted by Gasteiger charge is -2.06. The molecule has 0 aliphatic heterocycles. The van der Waals surface area contributed by atoms with E-state index in [0.29, 0.717) is 15.6 Å². The fourth-order valence-electron chi connectivity index (χ4n) is 1.63. The summed E-state index contributed by atoms with van der Waals surface area (Å²) in [7, 11) is 1.35. The second-order valence-electron chi connectivity index (χ2n) is 3.67. The van der Waals surface area contributed by atoms with Gasteiger partial charge in [0.1, 0.15) is 0 Å². The van der Waals surface area contributed by atoms with E-state index in [1.165, 1.54) is 7.11 Å². The molecular formula is C14H10Cl2O2. The van der Waals surface area contributed by atoms with E-state index in [1.54, 1.807) is 18.2 Å². The number of benzene rings is 2. The van der Waals surface area contributed by atoms with E-state index in [0.717, 1.165) is 11.1 Å². The monoisotopic (exact) mass is 280 g/mol. The van der Waals surface area contributed by atoms with Crippen LogP contribution in [0.3, 0.4) is 0 Å². The molecule has 0 heterocycles. The topological polar surface area (TPSA) is 26.3 Å². The van der Waals surface area contributed by atoms with Gasteiger partial charge in [0.05, 0.1) is 22.7 Å². The molecule has 92 valence electrons. The Labute approximate surface area is 115 Å². The minimum atomic E-state index is -0.362. The summed E-state index contributed by atoms with van der Waals surface area (Å²) in [5, 5.41) is 1.01. The molecule has 0 atom stereocenters. The number of halogens is 2. The van der Waals surface area contributed by atoms with Gasteiger partial charge in [0, 0.05) is 5.56 Å². The van der Waals surface area contributed by atoms with Crippen molar-refractivity contribution in [3.63, 3.8) is 0 Å².